The number of carbonyl (C=O) groups is 2. The van der Waals surface area contributed by atoms with Crippen LogP contribution < -0.4 is 5.32 Å². The summed E-state index contributed by atoms with van der Waals surface area (Å²) in [6.45, 7) is 9.12. The molecule has 11 atom stereocenters. The number of aromatic nitrogens is 1. The highest BCUT2D eigenvalue weighted by Crippen LogP contribution is 2.69. The number of rotatable bonds is 9. The molecular formula is C46H58N2O7. The van der Waals surface area contributed by atoms with Crippen LogP contribution in [0.15, 0.2) is 48.5 Å². The lowest BCUT2D eigenvalue weighted by atomic mass is 9.42. The highest BCUT2D eigenvalue weighted by Gasteiger charge is 2.66. The maximum absolute atomic E-state index is 12.9. The molecular weight excluding hydrogens is 693 g/mol. The predicted octanol–water partition coefficient (Wildman–Crippen LogP) is 7.38. The van der Waals surface area contributed by atoms with Gasteiger partial charge in [-0.2, -0.15) is 0 Å². The summed E-state index contributed by atoms with van der Waals surface area (Å²) in [6.07, 6.45) is 5.31. The normalized spacial score (nSPS) is 34.4. The van der Waals surface area contributed by atoms with Gasteiger partial charge in [0.25, 0.3) is 0 Å². The minimum Gasteiger partial charge on any atom is -0.481 e. The van der Waals surface area contributed by atoms with Crippen molar-refractivity contribution in [2.24, 2.45) is 46.3 Å². The van der Waals surface area contributed by atoms with E-state index in [1.807, 2.05) is 55.5 Å². The second-order valence-electron chi connectivity index (χ2n) is 17.7. The lowest BCUT2D eigenvalue weighted by molar-refractivity contribution is -0.211. The minimum absolute atomic E-state index is 0.0841. The van der Waals surface area contributed by atoms with E-state index in [2.05, 4.69) is 37.9 Å². The standard InChI is InChI=1S/C46H58N2O7/c1-6-35-41(43(53)55-5)42(31-9-7-8-10-36(31)48-35)47-26-29-14-12-28(13-15-29)19-20-46(54)22-21-44(3)30(25-46)23-37(49)40-33-17-16-32(27(2)11-18-39(51)52)45(33,4)38(50)24-34(40)44/h7-10,12-15,27,30,32-34,37-38,40,49-50,54H,6,11,16-18,21-26H2,1-5H3,(H,47,48)(H,51,52)/t27?,30?,32-,33?,34?,37?,38?,40?,44?,45?,46-/m1/s1. The number of aliphatic hydroxyl groups excluding tert-OH is 2. The Morgan fingerprint density at radius 2 is 1.78 bits per heavy atom. The number of methoxy groups -OCH3 is 1. The zero-order valence-electron chi connectivity index (χ0n) is 33.0. The second kappa shape index (κ2) is 15.2. The number of carboxylic acid groups (broad SMARTS) is 1. The molecule has 4 aliphatic rings. The zero-order valence-corrected chi connectivity index (χ0v) is 33.0. The summed E-state index contributed by atoms with van der Waals surface area (Å²) in [6, 6.07) is 15.7. The van der Waals surface area contributed by atoms with Crippen LogP contribution >= 0.6 is 0 Å². The van der Waals surface area contributed by atoms with Crippen molar-refractivity contribution in [3.63, 3.8) is 0 Å². The molecule has 0 bridgehead atoms. The van der Waals surface area contributed by atoms with Crippen LogP contribution in [0.4, 0.5) is 5.69 Å². The summed E-state index contributed by atoms with van der Waals surface area (Å²) in [5, 5.41) is 49.3. The lowest BCUT2D eigenvalue weighted by Gasteiger charge is -2.64. The first kappa shape index (κ1) is 39.3. The third-order valence-corrected chi connectivity index (χ3v) is 15.0. The number of nitrogens with zero attached hydrogens (tertiary/aromatic N) is 1. The van der Waals surface area contributed by atoms with E-state index in [1.165, 1.54) is 7.11 Å². The van der Waals surface area contributed by atoms with E-state index in [0.717, 1.165) is 41.3 Å². The van der Waals surface area contributed by atoms with Gasteiger partial charge in [0.1, 0.15) is 11.2 Å². The molecule has 0 amide bonds. The monoisotopic (exact) mass is 750 g/mol. The second-order valence-corrected chi connectivity index (χ2v) is 17.7. The van der Waals surface area contributed by atoms with Crippen LogP contribution in [-0.4, -0.2) is 62.3 Å². The number of carbonyl (C=O) groups excluding carboxylic acids is 1. The molecule has 0 aliphatic heterocycles. The number of hydrogen-bond donors (Lipinski definition) is 5. The van der Waals surface area contributed by atoms with Gasteiger partial charge in [0, 0.05) is 23.9 Å². The van der Waals surface area contributed by atoms with Crippen molar-refractivity contribution in [2.45, 2.75) is 116 Å². The summed E-state index contributed by atoms with van der Waals surface area (Å²) in [5.41, 5.74) is 2.84. The summed E-state index contributed by atoms with van der Waals surface area (Å²) in [7, 11) is 1.38. The highest BCUT2D eigenvalue weighted by atomic mass is 16.5. The molecule has 4 saturated carbocycles. The largest absolute Gasteiger partial charge is 0.481 e. The summed E-state index contributed by atoms with van der Waals surface area (Å²) < 4.78 is 5.14. The topological polar surface area (TPSA) is 149 Å². The Kier molecular flexibility index (Phi) is 10.8. The molecule has 5 N–H and O–H groups in total. The van der Waals surface area contributed by atoms with Crippen molar-refractivity contribution < 1.29 is 34.8 Å². The predicted molar refractivity (Wildman–Crippen MR) is 212 cm³/mol. The van der Waals surface area contributed by atoms with Crippen molar-refractivity contribution in [1.82, 2.24) is 4.98 Å². The number of esters is 1. The molecule has 9 nitrogen and oxygen atoms in total. The molecule has 55 heavy (non-hydrogen) atoms. The number of benzene rings is 2. The van der Waals surface area contributed by atoms with E-state index < -0.39 is 29.7 Å². The van der Waals surface area contributed by atoms with Crippen molar-refractivity contribution in [3.8, 4) is 11.8 Å². The number of hydrogen-bond acceptors (Lipinski definition) is 8. The first-order valence-electron chi connectivity index (χ1n) is 20.4. The highest BCUT2D eigenvalue weighted by molar-refractivity contribution is 6.06. The van der Waals surface area contributed by atoms with Crippen molar-refractivity contribution in [1.29, 1.82) is 0 Å². The number of nitrogens with one attached hydrogen (secondary N) is 1. The molecule has 294 valence electrons. The Hall–Kier alpha value is -3.97. The van der Waals surface area contributed by atoms with Crippen LogP contribution in [0, 0.1) is 58.2 Å². The number of ether oxygens (including phenoxy) is 1. The summed E-state index contributed by atoms with van der Waals surface area (Å²) >= 11 is 0. The Bertz CT molecular complexity index is 1990. The fourth-order valence-electron chi connectivity index (χ4n) is 11.9. The van der Waals surface area contributed by atoms with Gasteiger partial charge in [0.05, 0.1) is 36.2 Å². The Morgan fingerprint density at radius 3 is 2.49 bits per heavy atom. The molecule has 0 spiro atoms. The Balaban J connectivity index is 1.03. The first-order chi connectivity index (χ1) is 26.2. The molecule has 9 unspecified atom stereocenters. The first-order valence-corrected chi connectivity index (χ1v) is 20.4. The smallest absolute Gasteiger partial charge is 0.341 e. The van der Waals surface area contributed by atoms with Crippen molar-refractivity contribution >= 4 is 28.5 Å². The molecule has 1 heterocycles. The minimum atomic E-state index is -1.17. The average Bonchev–Trinajstić information content (AvgIpc) is 3.54. The van der Waals surface area contributed by atoms with Gasteiger partial charge in [-0.15, -0.1) is 0 Å². The third kappa shape index (κ3) is 7.04. The van der Waals surface area contributed by atoms with E-state index >= 15 is 0 Å². The molecule has 4 aliphatic carbocycles. The number of aryl methyl sites for hydroxylation is 1. The van der Waals surface area contributed by atoms with Crippen LogP contribution in [0.3, 0.4) is 0 Å². The van der Waals surface area contributed by atoms with E-state index in [4.69, 9.17) is 9.72 Å². The average molecular weight is 751 g/mol. The number of anilines is 1. The van der Waals surface area contributed by atoms with Gasteiger partial charge in [-0.25, -0.2) is 4.79 Å². The molecule has 0 radical (unpaired) electrons. The maximum Gasteiger partial charge on any atom is 0.341 e. The van der Waals surface area contributed by atoms with E-state index in [0.29, 0.717) is 62.0 Å². The van der Waals surface area contributed by atoms with Gasteiger partial charge in [-0.05, 0) is 128 Å². The van der Waals surface area contributed by atoms with Crippen LogP contribution in [-0.2, 0) is 22.5 Å². The molecule has 9 heteroatoms. The van der Waals surface area contributed by atoms with Crippen LogP contribution in [0.2, 0.25) is 0 Å². The Labute approximate surface area is 325 Å². The number of aliphatic carboxylic acids is 1. The number of para-hydroxylation sites is 1. The van der Waals surface area contributed by atoms with Crippen molar-refractivity contribution in [3.05, 3.63) is 70.9 Å². The molecule has 7 rings (SSSR count). The van der Waals surface area contributed by atoms with Crippen molar-refractivity contribution in [2.75, 3.05) is 12.4 Å². The van der Waals surface area contributed by atoms with E-state index in [1.54, 1.807) is 0 Å². The fourth-order valence-corrected chi connectivity index (χ4v) is 11.9. The quantitative estimate of drug-likeness (QED) is 0.112. The number of pyridine rings is 1. The van der Waals surface area contributed by atoms with E-state index in [9.17, 15) is 30.0 Å². The Morgan fingerprint density at radius 1 is 1.04 bits per heavy atom. The van der Waals surface area contributed by atoms with Gasteiger partial charge in [-0.1, -0.05) is 69.9 Å². The summed E-state index contributed by atoms with van der Waals surface area (Å²) in [4.78, 5) is 28.9. The molecule has 0 saturated heterocycles. The third-order valence-electron chi connectivity index (χ3n) is 15.0. The number of aliphatic hydroxyl groups is 3. The van der Waals surface area contributed by atoms with Gasteiger partial charge in [0.2, 0.25) is 0 Å². The maximum atomic E-state index is 12.9. The zero-order chi connectivity index (χ0) is 39.3. The lowest BCUT2D eigenvalue weighted by Crippen LogP contribution is -2.63. The molecule has 4 fully saturated rings. The van der Waals surface area contributed by atoms with Gasteiger partial charge in [-0.3, -0.25) is 9.78 Å². The molecule has 1 aromatic heterocycles. The van der Waals surface area contributed by atoms with Crippen LogP contribution in [0.1, 0.15) is 113 Å². The van der Waals surface area contributed by atoms with Gasteiger partial charge >= 0.3 is 11.9 Å². The molecule has 3 aromatic rings. The van der Waals surface area contributed by atoms with Crippen LogP contribution in [0.25, 0.3) is 10.9 Å². The van der Waals surface area contributed by atoms with Gasteiger partial charge < -0.3 is 30.5 Å². The van der Waals surface area contributed by atoms with E-state index in [-0.39, 0.29) is 52.8 Å². The fraction of sp³-hybridized carbons (Fsp3) is 0.587. The van der Waals surface area contributed by atoms with Crippen LogP contribution in [0.5, 0.6) is 0 Å². The van der Waals surface area contributed by atoms with Gasteiger partial charge in [0.15, 0.2) is 0 Å². The number of fused-ring (bicyclic) bond motifs is 6. The molecule has 2 aromatic carbocycles. The SMILES string of the molecule is CCc1nc2ccccc2c(NCc2ccc(C#C[C@@]3(O)CCC4(C)C(CC(O)C5C4CC(O)C4(C)C5CC[C@@H]4C(C)CCC(=O)O)C3)cc2)c1C(=O)OC. The number of carboxylic acids is 1. The summed E-state index contributed by atoms with van der Waals surface area (Å²) in [5.74, 6) is 6.24.